The zero-order valence-corrected chi connectivity index (χ0v) is 15.0. The second kappa shape index (κ2) is 8.92. The van der Waals surface area contributed by atoms with E-state index in [1.165, 1.54) is 61.6 Å². The third kappa shape index (κ3) is 4.87. The van der Waals surface area contributed by atoms with E-state index in [-0.39, 0.29) is 0 Å². The quantitative estimate of drug-likeness (QED) is 0.518. The minimum atomic E-state index is 0.848. The fraction of sp³-hybridized carbons (Fsp3) is 0.478. The van der Waals surface area contributed by atoms with Crippen LogP contribution in [-0.2, 0) is 6.42 Å². The van der Waals surface area contributed by atoms with Crippen LogP contribution in [-0.4, -0.2) is 6.61 Å². The number of rotatable bonds is 7. The van der Waals surface area contributed by atoms with E-state index in [0.29, 0.717) is 0 Å². The molecule has 2 aromatic rings. The van der Waals surface area contributed by atoms with Gasteiger partial charge in [-0.25, -0.2) is 0 Å². The van der Waals surface area contributed by atoms with Crippen molar-refractivity contribution >= 4 is 0 Å². The van der Waals surface area contributed by atoms with Gasteiger partial charge in [-0.2, -0.15) is 0 Å². The summed E-state index contributed by atoms with van der Waals surface area (Å²) in [6, 6.07) is 17.4. The molecule has 1 fully saturated rings. The van der Waals surface area contributed by atoms with Gasteiger partial charge in [-0.05, 0) is 54.0 Å². The lowest BCUT2D eigenvalue weighted by atomic mass is 9.86. The highest BCUT2D eigenvalue weighted by molar-refractivity contribution is 5.64. The number of hydrogen-bond acceptors (Lipinski definition) is 1. The van der Waals surface area contributed by atoms with Crippen molar-refractivity contribution in [1.82, 2.24) is 0 Å². The Morgan fingerprint density at radius 3 is 2.08 bits per heavy atom. The molecule has 0 atom stereocenters. The molecule has 1 aliphatic rings. The maximum absolute atomic E-state index is 5.92. The molecule has 0 radical (unpaired) electrons. The van der Waals surface area contributed by atoms with Crippen LogP contribution >= 0.6 is 0 Å². The molecule has 0 heterocycles. The minimum absolute atomic E-state index is 0.848. The Kier molecular flexibility index (Phi) is 6.34. The van der Waals surface area contributed by atoms with E-state index >= 15 is 0 Å². The molecule has 0 amide bonds. The molecule has 0 N–H and O–H groups in total. The first kappa shape index (κ1) is 17.1. The highest BCUT2D eigenvalue weighted by Gasteiger charge is 2.12. The molecular formula is C23H30O. The van der Waals surface area contributed by atoms with Crippen molar-refractivity contribution in [2.75, 3.05) is 6.61 Å². The highest BCUT2D eigenvalue weighted by Crippen LogP contribution is 2.27. The normalized spacial score (nSPS) is 15.4. The number of aryl methyl sites for hydroxylation is 1. The highest BCUT2D eigenvalue weighted by atomic mass is 16.5. The average Bonchev–Trinajstić information content (AvgIpc) is 2.67. The van der Waals surface area contributed by atoms with Crippen molar-refractivity contribution in [2.24, 2.45) is 5.92 Å². The zero-order valence-electron chi connectivity index (χ0n) is 15.0. The topological polar surface area (TPSA) is 9.23 Å². The Morgan fingerprint density at radius 1 is 0.833 bits per heavy atom. The molecule has 0 spiro atoms. The monoisotopic (exact) mass is 322 g/mol. The van der Waals surface area contributed by atoms with Crippen LogP contribution in [0.1, 0.15) is 57.4 Å². The summed E-state index contributed by atoms with van der Waals surface area (Å²) >= 11 is 0. The van der Waals surface area contributed by atoms with Crippen LogP contribution < -0.4 is 4.74 Å². The predicted molar refractivity (Wildman–Crippen MR) is 103 cm³/mol. The molecule has 0 bridgehead atoms. The summed E-state index contributed by atoms with van der Waals surface area (Å²) in [4.78, 5) is 0. The Hall–Kier alpha value is -1.76. The predicted octanol–water partition coefficient (Wildman–Crippen LogP) is 6.66. The van der Waals surface area contributed by atoms with E-state index in [1.807, 2.05) is 0 Å². The first-order valence-electron chi connectivity index (χ1n) is 9.67. The van der Waals surface area contributed by atoms with Crippen molar-refractivity contribution in [1.29, 1.82) is 0 Å². The van der Waals surface area contributed by atoms with Gasteiger partial charge in [-0.1, -0.05) is 75.4 Å². The molecule has 24 heavy (non-hydrogen) atoms. The summed E-state index contributed by atoms with van der Waals surface area (Å²) in [5.41, 5.74) is 3.92. The second-order valence-electron chi connectivity index (χ2n) is 7.07. The lowest BCUT2D eigenvalue weighted by Gasteiger charge is -2.21. The molecule has 3 rings (SSSR count). The number of benzene rings is 2. The molecule has 2 aromatic carbocycles. The first-order valence-corrected chi connectivity index (χ1v) is 9.67. The molecule has 128 valence electrons. The smallest absolute Gasteiger partial charge is 0.119 e. The average molecular weight is 322 g/mol. The van der Waals surface area contributed by atoms with Gasteiger partial charge in [0.1, 0.15) is 5.75 Å². The van der Waals surface area contributed by atoms with Crippen molar-refractivity contribution in [3.63, 3.8) is 0 Å². The molecule has 0 aromatic heterocycles. The Balaban J connectivity index is 1.45. The molecule has 0 saturated heterocycles. The van der Waals surface area contributed by atoms with Crippen molar-refractivity contribution in [2.45, 2.75) is 58.3 Å². The van der Waals surface area contributed by atoms with E-state index < -0.39 is 0 Å². The lowest BCUT2D eigenvalue weighted by molar-refractivity contribution is 0.269. The van der Waals surface area contributed by atoms with Gasteiger partial charge in [0.25, 0.3) is 0 Å². The molecule has 0 aliphatic heterocycles. The fourth-order valence-corrected chi connectivity index (χ4v) is 3.71. The van der Waals surface area contributed by atoms with Gasteiger partial charge < -0.3 is 4.74 Å². The third-order valence-corrected chi connectivity index (χ3v) is 5.30. The van der Waals surface area contributed by atoms with Crippen LogP contribution in [0.2, 0.25) is 0 Å². The van der Waals surface area contributed by atoms with Crippen LogP contribution in [0.25, 0.3) is 11.1 Å². The summed E-state index contributed by atoms with van der Waals surface area (Å²) in [6.07, 6.45) is 10.8. The van der Waals surface area contributed by atoms with Crippen LogP contribution in [0.4, 0.5) is 0 Å². The van der Waals surface area contributed by atoms with Gasteiger partial charge in [-0.15, -0.1) is 0 Å². The summed E-state index contributed by atoms with van der Waals surface area (Å²) in [5.74, 6) is 1.95. The van der Waals surface area contributed by atoms with Gasteiger partial charge in [0.2, 0.25) is 0 Å². The molecule has 0 unspecified atom stereocenters. The molecule has 1 aliphatic carbocycles. The van der Waals surface area contributed by atoms with Crippen molar-refractivity contribution in [3.05, 3.63) is 54.1 Å². The summed E-state index contributed by atoms with van der Waals surface area (Å²) in [5, 5.41) is 0. The van der Waals surface area contributed by atoms with Crippen LogP contribution in [0.3, 0.4) is 0 Å². The molecular weight excluding hydrogens is 292 g/mol. The van der Waals surface area contributed by atoms with Crippen LogP contribution in [0.15, 0.2) is 48.5 Å². The third-order valence-electron chi connectivity index (χ3n) is 5.30. The largest absolute Gasteiger partial charge is 0.494 e. The van der Waals surface area contributed by atoms with Crippen molar-refractivity contribution < 1.29 is 4.74 Å². The number of ether oxygens (including phenoxy) is 1. The van der Waals surface area contributed by atoms with Crippen LogP contribution in [0.5, 0.6) is 5.75 Å². The van der Waals surface area contributed by atoms with Gasteiger partial charge in [0.15, 0.2) is 0 Å². The fourth-order valence-electron chi connectivity index (χ4n) is 3.71. The van der Waals surface area contributed by atoms with Gasteiger partial charge in [-0.3, -0.25) is 0 Å². The summed E-state index contributed by atoms with van der Waals surface area (Å²) in [7, 11) is 0. The van der Waals surface area contributed by atoms with Crippen LogP contribution in [0, 0.1) is 5.92 Å². The minimum Gasteiger partial charge on any atom is -0.494 e. The molecule has 1 heteroatoms. The first-order chi connectivity index (χ1) is 11.8. The second-order valence-corrected chi connectivity index (χ2v) is 7.07. The SMILES string of the molecule is CCc1ccc(-c2ccc(OCCCC3CCCCC3)cc2)cc1. The zero-order chi connectivity index (χ0) is 16.6. The van der Waals surface area contributed by atoms with E-state index in [2.05, 4.69) is 55.5 Å². The van der Waals surface area contributed by atoms with Gasteiger partial charge >= 0.3 is 0 Å². The summed E-state index contributed by atoms with van der Waals surface area (Å²) < 4.78 is 5.92. The maximum Gasteiger partial charge on any atom is 0.119 e. The lowest BCUT2D eigenvalue weighted by Crippen LogP contribution is -2.08. The maximum atomic E-state index is 5.92. The summed E-state index contributed by atoms with van der Waals surface area (Å²) in [6.45, 7) is 3.04. The van der Waals surface area contributed by atoms with E-state index in [0.717, 1.165) is 24.7 Å². The molecule has 1 nitrogen and oxygen atoms in total. The standard InChI is InChI=1S/C23H30O/c1-2-19-10-12-21(13-11-19)22-14-16-23(17-15-22)24-18-6-9-20-7-4-3-5-8-20/h10-17,20H,2-9,18H2,1H3. The molecule has 1 saturated carbocycles. The van der Waals surface area contributed by atoms with Crippen molar-refractivity contribution in [3.8, 4) is 16.9 Å². The van der Waals surface area contributed by atoms with Gasteiger partial charge in [0.05, 0.1) is 6.61 Å². The van der Waals surface area contributed by atoms with E-state index in [9.17, 15) is 0 Å². The Labute approximate surface area is 147 Å². The number of hydrogen-bond donors (Lipinski definition) is 0. The Bertz CT molecular complexity index is 591. The van der Waals surface area contributed by atoms with Gasteiger partial charge in [0, 0.05) is 0 Å². The van der Waals surface area contributed by atoms with E-state index in [4.69, 9.17) is 4.74 Å². The Morgan fingerprint density at radius 2 is 1.46 bits per heavy atom. The van der Waals surface area contributed by atoms with E-state index in [1.54, 1.807) is 0 Å².